The molecule has 5 nitrogen and oxygen atoms in total. The lowest BCUT2D eigenvalue weighted by molar-refractivity contribution is -0.130. The van der Waals surface area contributed by atoms with Crippen LogP contribution in [0.25, 0.3) is 0 Å². The largest absolute Gasteiger partial charge is 0.340 e. The molecule has 1 heterocycles. The van der Waals surface area contributed by atoms with Gasteiger partial charge >= 0.3 is 0 Å². The second-order valence-electron chi connectivity index (χ2n) is 5.27. The Morgan fingerprint density at radius 1 is 1.32 bits per heavy atom. The fraction of sp³-hybridized carbons (Fsp3) is 0.467. The highest BCUT2D eigenvalue weighted by molar-refractivity contribution is 6.31. The molecule has 1 aliphatic heterocycles. The second kappa shape index (κ2) is 7.56. The van der Waals surface area contributed by atoms with E-state index in [2.05, 4.69) is 10.2 Å². The summed E-state index contributed by atoms with van der Waals surface area (Å²) in [6.07, 6.45) is 0. The summed E-state index contributed by atoms with van der Waals surface area (Å²) in [5, 5.41) is 2.42. The SMILES string of the molecule is CC(=O)N1CCN(Cc2cccc(NC(=O)C(F)Cl)c2)CC1. The predicted molar refractivity (Wildman–Crippen MR) is 83.4 cm³/mol. The number of alkyl halides is 2. The molecular formula is C15H19ClFN3O2. The van der Waals surface area contributed by atoms with Crippen LogP contribution in [0.2, 0.25) is 0 Å². The summed E-state index contributed by atoms with van der Waals surface area (Å²) in [5.74, 6) is -0.764. The van der Waals surface area contributed by atoms with Gasteiger partial charge in [-0.3, -0.25) is 14.5 Å². The maximum Gasteiger partial charge on any atom is 0.274 e. The van der Waals surface area contributed by atoms with Crippen molar-refractivity contribution in [1.29, 1.82) is 0 Å². The monoisotopic (exact) mass is 327 g/mol. The van der Waals surface area contributed by atoms with E-state index in [4.69, 9.17) is 11.6 Å². The quantitative estimate of drug-likeness (QED) is 0.858. The Bertz CT molecular complexity index is 545. The van der Waals surface area contributed by atoms with E-state index in [1.165, 1.54) is 0 Å². The van der Waals surface area contributed by atoms with Crippen LogP contribution >= 0.6 is 11.6 Å². The average Bonchev–Trinajstić information content (AvgIpc) is 2.48. The van der Waals surface area contributed by atoms with Gasteiger partial charge in [0.15, 0.2) is 0 Å². The summed E-state index contributed by atoms with van der Waals surface area (Å²) in [6.45, 7) is 5.37. The topological polar surface area (TPSA) is 52.7 Å². The smallest absolute Gasteiger partial charge is 0.274 e. The minimum absolute atomic E-state index is 0.103. The molecule has 1 aromatic carbocycles. The van der Waals surface area contributed by atoms with Gasteiger partial charge in [-0.15, -0.1) is 0 Å². The van der Waals surface area contributed by atoms with E-state index in [-0.39, 0.29) is 5.91 Å². The van der Waals surface area contributed by atoms with Crippen molar-refractivity contribution in [2.45, 2.75) is 19.1 Å². The highest BCUT2D eigenvalue weighted by Crippen LogP contribution is 2.15. The Labute approximate surface area is 134 Å². The van der Waals surface area contributed by atoms with Gasteiger partial charge in [-0.2, -0.15) is 0 Å². The molecule has 0 aliphatic carbocycles. The number of hydrogen-bond acceptors (Lipinski definition) is 3. The third-order valence-electron chi connectivity index (χ3n) is 3.62. The molecule has 2 rings (SSSR count). The second-order valence-corrected chi connectivity index (χ2v) is 5.66. The van der Waals surface area contributed by atoms with Crippen molar-refractivity contribution in [1.82, 2.24) is 9.80 Å². The van der Waals surface area contributed by atoms with Crippen LogP contribution in [0.15, 0.2) is 24.3 Å². The summed E-state index contributed by atoms with van der Waals surface area (Å²) >= 11 is 5.09. The molecule has 7 heteroatoms. The highest BCUT2D eigenvalue weighted by Gasteiger charge is 2.18. The number of rotatable bonds is 4. The van der Waals surface area contributed by atoms with Crippen LogP contribution in [-0.4, -0.2) is 53.4 Å². The van der Waals surface area contributed by atoms with E-state index in [1.54, 1.807) is 25.1 Å². The van der Waals surface area contributed by atoms with Crippen molar-refractivity contribution in [2.75, 3.05) is 31.5 Å². The molecular weight excluding hydrogens is 309 g/mol. The van der Waals surface area contributed by atoms with Crippen molar-refractivity contribution < 1.29 is 14.0 Å². The molecule has 0 aromatic heterocycles. The van der Waals surface area contributed by atoms with Crippen LogP contribution in [0.3, 0.4) is 0 Å². The third-order valence-corrected chi connectivity index (χ3v) is 3.81. The van der Waals surface area contributed by atoms with E-state index < -0.39 is 11.5 Å². The molecule has 0 saturated carbocycles. The van der Waals surface area contributed by atoms with Crippen molar-refractivity contribution >= 4 is 29.1 Å². The maximum absolute atomic E-state index is 12.7. The number of carbonyl (C=O) groups excluding carboxylic acids is 2. The molecule has 2 amide bonds. The van der Waals surface area contributed by atoms with Crippen LogP contribution in [0.5, 0.6) is 0 Å². The lowest BCUT2D eigenvalue weighted by Gasteiger charge is -2.34. The number of carbonyl (C=O) groups is 2. The van der Waals surface area contributed by atoms with Gasteiger partial charge < -0.3 is 10.2 Å². The van der Waals surface area contributed by atoms with Gasteiger partial charge in [-0.05, 0) is 17.7 Å². The van der Waals surface area contributed by atoms with Crippen LogP contribution in [-0.2, 0) is 16.1 Å². The number of nitrogens with one attached hydrogen (secondary N) is 1. The van der Waals surface area contributed by atoms with Crippen molar-refractivity contribution in [3.8, 4) is 0 Å². The van der Waals surface area contributed by atoms with Gasteiger partial charge in [0.1, 0.15) is 0 Å². The summed E-state index contributed by atoms with van der Waals surface area (Å²) in [6, 6.07) is 7.24. The predicted octanol–water partition coefficient (Wildman–Crippen LogP) is 1.82. The molecule has 1 fully saturated rings. The van der Waals surface area contributed by atoms with E-state index in [0.717, 1.165) is 38.3 Å². The molecule has 0 bridgehead atoms. The Morgan fingerprint density at radius 3 is 2.59 bits per heavy atom. The first-order chi connectivity index (χ1) is 10.5. The molecule has 0 spiro atoms. The first-order valence-electron chi connectivity index (χ1n) is 7.11. The van der Waals surface area contributed by atoms with E-state index >= 15 is 0 Å². The van der Waals surface area contributed by atoms with E-state index in [1.807, 2.05) is 11.0 Å². The Kier molecular flexibility index (Phi) is 5.74. The number of hydrogen-bond donors (Lipinski definition) is 1. The van der Waals surface area contributed by atoms with Crippen LogP contribution in [0.1, 0.15) is 12.5 Å². The summed E-state index contributed by atoms with van der Waals surface area (Å²) in [4.78, 5) is 26.6. The van der Waals surface area contributed by atoms with Crippen molar-refractivity contribution in [2.24, 2.45) is 0 Å². The Hall–Kier alpha value is -1.66. The zero-order valence-corrected chi connectivity index (χ0v) is 13.1. The fourth-order valence-corrected chi connectivity index (χ4v) is 2.48. The number of nitrogens with zero attached hydrogens (tertiary/aromatic N) is 2. The lowest BCUT2D eigenvalue weighted by atomic mass is 10.1. The third kappa shape index (κ3) is 4.68. The zero-order valence-electron chi connectivity index (χ0n) is 12.4. The van der Waals surface area contributed by atoms with E-state index in [0.29, 0.717) is 5.69 Å². The molecule has 1 aliphatic rings. The molecule has 1 saturated heterocycles. The van der Waals surface area contributed by atoms with Crippen molar-refractivity contribution in [3.63, 3.8) is 0 Å². The fourth-order valence-electron chi connectivity index (χ4n) is 2.42. The van der Waals surface area contributed by atoms with Crippen LogP contribution in [0, 0.1) is 0 Å². The summed E-state index contributed by atoms with van der Waals surface area (Å²) in [5.41, 5.74) is -0.518. The number of piperazine rings is 1. The standard InChI is InChI=1S/C15H19ClFN3O2/c1-11(21)20-7-5-19(6-8-20)10-12-3-2-4-13(9-12)18-15(22)14(16)17/h2-4,9,14H,5-8,10H2,1H3,(H,18,22). The number of halogens is 2. The summed E-state index contributed by atoms with van der Waals surface area (Å²) in [7, 11) is 0. The minimum Gasteiger partial charge on any atom is -0.340 e. The molecule has 1 N–H and O–H groups in total. The molecule has 1 atom stereocenters. The van der Waals surface area contributed by atoms with Gasteiger partial charge in [0, 0.05) is 45.3 Å². The number of anilines is 1. The minimum atomic E-state index is -2.05. The van der Waals surface area contributed by atoms with E-state index in [9.17, 15) is 14.0 Å². The highest BCUT2D eigenvalue weighted by atomic mass is 35.5. The first-order valence-corrected chi connectivity index (χ1v) is 7.55. The van der Waals surface area contributed by atoms with Gasteiger partial charge in [-0.1, -0.05) is 23.7 Å². The van der Waals surface area contributed by atoms with Gasteiger partial charge in [-0.25, -0.2) is 4.39 Å². The molecule has 0 radical (unpaired) electrons. The first kappa shape index (κ1) is 16.7. The van der Waals surface area contributed by atoms with Crippen molar-refractivity contribution in [3.05, 3.63) is 29.8 Å². The molecule has 1 aromatic rings. The molecule has 120 valence electrons. The Balaban J connectivity index is 1.91. The maximum atomic E-state index is 12.7. The normalized spacial score (nSPS) is 17.1. The van der Waals surface area contributed by atoms with Gasteiger partial charge in [0.2, 0.25) is 5.91 Å². The Morgan fingerprint density at radius 2 is 2.00 bits per heavy atom. The summed E-state index contributed by atoms with van der Waals surface area (Å²) < 4.78 is 12.7. The van der Waals surface area contributed by atoms with Crippen LogP contribution < -0.4 is 5.32 Å². The number of amides is 2. The zero-order chi connectivity index (χ0) is 16.1. The molecule has 1 unspecified atom stereocenters. The lowest BCUT2D eigenvalue weighted by Crippen LogP contribution is -2.47. The number of benzene rings is 1. The van der Waals surface area contributed by atoms with Gasteiger partial charge in [0.05, 0.1) is 0 Å². The molecule has 22 heavy (non-hydrogen) atoms. The van der Waals surface area contributed by atoms with Gasteiger partial charge in [0.25, 0.3) is 11.5 Å². The van der Waals surface area contributed by atoms with Crippen LogP contribution in [0.4, 0.5) is 10.1 Å². The average molecular weight is 328 g/mol.